The van der Waals surface area contributed by atoms with Crippen LogP contribution in [0.1, 0.15) is 0 Å². The minimum absolute atomic E-state index is 1.12. The number of benzene rings is 8. The highest BCUT2D eigenvalue weighted by molar-refractivity contribution is 7.25. The highest BCUT2D eigenvalue weighted by Gasteiger charge is 2.16. The van der Waals surface area contributed by atoms with Crippen LogP contribution in [-0.2, 0) is 0 Å². The van der Waals surface area contributed by atoms with Crippen molar-refractivity contribution in [2.24, 2.45) is 0 Å². The fourth-order valence-electron chi connectivity index (χ4n) is 7.81. The predicted octanol–water partition coefficient (Wildman–Crippen LogP) is 14.4. The molecule has 234 valence electrons. The van der Waals surface area contributed by atoms with Crippen LogP contribution in [0.15, 0.2) is 188 Å². The monoisotopic (exact) mass is 653 g/mol. The maximum absolute atomic E-state index is 2.45. The summed E-state index contributed by atoms with van der Waals surface area (Å²) in [5, 5.41) is 15.0. The number of hydrogen-bond donors (Lipinski definition) is 0. The molecule has 50 heavy (non-hydrogen) atoms. The van der Waals surface area contributed by atoms with Crippen molar-refractivity contribution in [3.8, 4) is 0 Å². The van der Waals surface area contributed by atoms with Crippen LogP contribution in [0.25, 0.3) is 74.0 Å². The summed E-state index contributed by atoms with van der Waals surface area (Å²) in [6.07, 6.45) is 0. The number of rotatable bonds is 3. The first-order chi connectivity index (χ1) is 24.8. The van der Waals surface area contributed by atoms with Gasteiger partial charge in [-0.05, 0) is 108 Å². The van der Waals surface area contributed by atoms with Gasteiger partial charge < -0.3 is 4.90 Å². The first kappa shape index (κ1) is 28.8. The number of hydrogen-bond acceptors (Lipinski definition) is 2. The van der Waals surface area contributed by atoms with Gasteiger partial charge in [-0.15, -0.1) is 11.3 Å². The van der Waals surface area contributed by atoms with Crippen LogP contribution in [0.3, 0.4) is 0 Å². The fraction of sp³-hybridized carbons (Fsp3) is 0. The topological polar surface area (TPSA) is 3.24 Å². The van der Waals surface area contributed by atoms with Gasteiger partial charge in [0.25, 0.3) is 0 Å². The Hall–Kier alpha value is -6.22. The van der Waals surface area contributed by atoms with E-state index in [4.69, 9.17) is 0 Å². The van der Waals surface area contributed by atoms with E-state index in [1.807, 2.05) is 11.3 Å². The second-order valence-electron chi connectivity index (χ2n) is 12.9. The first-order valence-corrected chi connectivity index (χ1v) is 17.9. The predicted molar refractivity (Wildman–Crippen MR) is 219 cm³/mol. The SMILES string of the molecule is c1ccc(N(c2ccccc2)c2ccc3c(c2)c2ccccc2c2ccccc2c2ccccc2c2cc4c(cc32)sc2ccccc24)cc1. The summed E-state index contributed by atoms with van der Waals surface area (Å²) in [7, 11) is 0. The van der Waals surface area contributed by atoms with E-state index in [2.05, 4.69) is 193 Å². The van der Waals surface area contributed by atoms with Gasteiger partial charge in [-0.2, -0.15) is 0 Å². The Morgan fingerprint density at radius 1 is 0.240 bits per heavy atom. The minimum atomic E-state index is 1.12. The van der Waals surface area contributed by atoms with E-state index in [9.17, 15) is 0 Å². The van der Waals surface area contributed by atoms with Crippen molar-refractivity contribution >= 4 is 102 Å². The fourth-order valence-corrected chi connectivity index (χ4v) is 8.93. The van der Waals surface area contributed by atoms with Gasteiger partial charge in [0.1, 0.15) is 0 Å². The molecule has 0 aliphatic carbocycles. The third-order valence-corrected chi connectivity index (χ3v) is 11.2. The van der Waals surface area contributed by atoms with E-state index >= 15 is 0 Å². The molecular weight excluding hydrogens is 623 g/mol. The normalized spacial score (nSPS) is 11.6. The van der Waals surface area contributed by atoms with E-state index in [0.717, 1.165) is 17.1 Å². The van der Waals surface area contributed by atoms with Gasteiger partial charge >= 0.3 is 0 Å². The van der Waals surface area contributed by atoms with Gasteiger partial charge in [0.05, 0.1) is 0 Å². The lowest BCUT2D eigenvalue weighted by Crippen LogP contribution is -2.09. The van der Waals surface area contributed by atoms with Crippen molar-refractivity contribution in [2.75, 3.05) is 4.90 Å². The van der Waals surface area contributed by atoms with Crippen molar-refractivity contribution in [1.29, 1.82) is 0 Å². The zero-order valence-corrected chi connectivity index (χ0v) is 28.1. The van der Waals surface area contributed by atoms with E-state index in [1.165, 1.54) is 74.0 Å². The summed E-state index contributed by atoms with van der Waals surface area (Å²) in [6.45, 7) is 0. The largest absolute Gasteiger partial charge is 0.310 e. The summed E-state index contributed by atoms with van der Waals surface area (Å²) in [5.74, 6) is 0. The summed E-state index contributed by atoms with van der Waals surface area (Å²) < 4.78 is 2.62. The molecular formula is C48H31NS. The van der Waals surface area contributed by atoms with Crippen LogP contribution in [0.5, 0.6) is 0 Å². The van der Waals surface area contributed by atoms with Crippen LogP contribution >= 0.6 is 11.3 Å². The Labute approximate surface area is 294 Å². The molecule has 2 heteroatoms. The Balaban J connectivity index is 1.47. The average molecular weight is 654 g/mol. The summed E-state index contributed by atoms with van der Waals surface area (Å²) >= 11 is 1.88. The van der Waals surface area contributed by atoms with Gasteiger partial charge in [-0.3, -0.25) is 0 Å². The van der Waals surface area contributed by atoms with Gasteiger partial charge in [0, 0.05) is 37.2 Å². The lowest BCUT2D eigenvalue weighted by atomic mass is 9.93. The minimum Gasteiger partial charge on any atom is -0.310 e. The lowest BCUT2D eigenvalue weighted by Gasteiger charge is -2.26. The summed E-state index contributed by atoms with van der Waals surface area (Å²) in [6, 6.07) is 69.0. The molecule has 1 heterocycles. The first-order valence-electron chi connectivity index (χ1n) is 17.1. The molecule has 0 saturated carbocycles. The second kappa shape index (κ2) is 11.7. The molecule has 0 atom stereocenters. The number of anilines is 3. The van der Waals surface area contributed by atoms with Crippen molar-refractivity contribution in [3.63, 3.8) is 0 Å². The number of fused-ring (bicyclic) bond motifs is 13. The standard InChI is InChI=1S/C48H31NS/c1-3-15-32(16-4-1)49(33-17-5-2-6-18-33)34-27-28-41-43(29-34)39-23-11-9-21-37(39)35-19-7-8-20-36(35)38-22-10-12-24-40(38)44-30-46-42-25-13-14-26-47(42)50-48(46)31-45(41)44/h1-31H. The number of thiophene rings is 1. The maximum Gasteiger partial charge on any atom is 0.0468 e. The third kappa shape index (κ3) is 4.61. The number of nitrogens with zero attached hydrogens (tertiary/aromatic N) is 1. The maximum atomic E-state index is 2.45. The Morgan fingerprint density at radius 3 is 1.18 bits per heavy atom. The molecule has 0 aliphatic rings. The molecule has 1 aromatic heterocycles. The highest BCUT2D eigenvalue weighted by Crippen LogP contribution is 2.43. The van der Waals surface area contributed by atoms with Gasteiger partial charge in [0.2, 0.25) is 0 Å². The molecule has 10 rings (SSSR count). The smallest absolute Gasteiger partial charge is 0.0468 e. The molecule has 10 aromatic rings. The van der Waals surface area contributed by atoms with Gasteiger partial charge in [0.15, 0.2) is 0 Å². The van der Waals surface area contributed by atoms with Crippen LogP contribution in [0, 0.1) is 0 Å². The molecule has 0 spiro atoms. The van der Waals surface area contributed by atoms with Crippen molar-refractivity contribution in [2.45, 2.75) is 0 Å². The van der Waals surface area contributed by atoms with Crippen LogP contribution < -0.4 is 4.90 Å². The van der Waals surface area contributed by atoms with E-state index in [1.54, 1.807) is 0 Å². The molecule has 9 aromatic carbocycles. The molecule has 0 unspecified atom stereocenters. The lowest BCUT2D eigenvalue weighted by molar-refractivity contribution is 1.29. The Morgan fingerprint density at radius 2 is 0.640 bits per heavy atom. The van der Waals surface area contributed by atoms with Crippen LogP contribution in [-0.4, -0.2) is 0 Å². The zero-order chi connectivity index (χ0) is 33.0. The van der Waals surface area contributed by atoms with Crippen molar-refractivity contribution in [3.05, 3.63) is 188 Å². The molecule has 0 fully saturated rings. The molecule has 0 N–H and O–H groups in total. The van der Waals surface area contributed by atoms with E-state index in [-0.39, 0.29) is 0 Å². The molecule has 1 nitrogen and oxygen atoms in total. The third-order valence-electron chi connectivity index (χ3n) is 10.0. The second-order valence-corrected chi connectivity index (χ2v) is 13.9. The van der Waals surface area contributed by atoms with Crippen molar-refractivity contribution < 1.29 is 0 Å². The molecule has 0 saturated heterocycles. The summed E-state index contributed by atoms with van der Waals surface area (Å²) in [4.78, 5) is 2.36. The Bertz CT molecular complexity index is 2940. The summed E-state index contributed by atoms with van der Waals surface area (Å²) in [5.41, 5.74) is 3.36. The van der Waals surface area contributed by atoms with Crippen molar-refractivity contribution in [1.82, 2.24) is 0 Å². The van der Waals surface area contributed by atoms with Gasteiger partial charge in [-0.25, -0.2) is 0 Å². The molecule has 0 bridgehead atoms. The average Bonchev–Trinajstić information content (AvgIpc) is 3.56. The number of para-hydroxylation sites is 2. The van der Waals surface area contributed by atoms with Crippen LogP contribution in [0.2, 0.25) is 0 Å². The molecule has 0 radical (unpaired) electrons. The van der Waals surface area contributed by atoms with E-state index < -0.39 is 0 Å². The highest BCUT2D eigenvalue weighted by atomic mass is 32.1. The van der Waals surface area contributed by atoms with Gasteiger partial charge in [-0.1, -0.05) is 133 Å². The molecule has 0 aliphatic heterocycles. The quantitative estimate of drug-likeness (QED) is 0.183. The van der Waals surface area contributed by atoms with Crippen LogP contribution in [0.4, 0.5) is 17.1 Å². The van der Waals surface area contributed by atoms with E-state index in [0.29, 0.717) is 0 Å². The Kier molecular flexibility index (Phi) is 6.75. The zero-order valence-electron chi connectivity index (χ0n) is 27.3. The molecule has 0 amide bonds.